The van der Waals surface area contributed by atoms with Crippen molar-refractivity contribution >= 4 is 28.2 Å². The Hall–Kier alpha value is -3.20. The van der Waals surface area contributed by atoms with Gasteiger partial charge in [0.2, 0.25) is 5.82 Å². The molecule has 0 bridgehead atoms. The SMILES string of the molecule is NC(=O)c1c(NC(=O)c2nn(-c3ccccc3)c(=O)[nH]2)sc2c1CCCC2. The predicted octanol–water partition coefficient (Wildman–Crippen LogP) is 1.85. The monoisotopic (exact) mass is 383 g/mol. The molecule has 0 unspecified atom stereocenters. The summed E-state index contributed by atoms with van der Waals surface area (Å²) in [6.45, 7) is 0. The minimum absolute atomic E-state index is 0.134. The first-order valence-corrected chi connectivity index (χ1v) is 9.36. The van der Waals surface area contributed by atoms with Crippen molar-refractivity contribution in [1.29, 1.82) is 0 Å². The van der Waals surface area contributed by atoms with Crippen LogP contribution in [0.2, 0.25) is 0 Å². The van der Waals surface area contributed by atoms with Gasteiger partial charge in [0.25, 0.3) is 11.8 Å². The highest BCUT2D eigenvalue weighted by Crippen LogP contribution is 2.37. The molecule has 3 aromatic rings. The third kappa shape index (κ3) is 3.17. The van der Waals surface area contributed by atoms with Gasteiger partial charge in [0.05, 0.1) is 11.3 Å². The average molecular weight is 383 g/mol. The quantitative estimate of drug-likeness (QED) is 0.636. The molecule has 4 rings (SSSR count). The second-order valence-electron chi connectivity index (χ2n) is 6.26. The Balaban J connectivity index is 1.65. The fraction of sp³-hybridized carbons (Fsp3) is 0.222. The maximum absolute atomic E-state index is 12.6. The first-order chi connectivity index (χ1) is 13.0. The number of carbonyl (C=O) groups excluding carboxylic acids is 2. The van der Waals surface area contributed by atoms with Crippen LogP contribution in [0.5, 0.6) is 0 Å². The molecule has 8 nitrogen and oxygen atoms in total. The van der Waals surface area contributed by atoms with Crippen LogP contribution in [0.4, 0.5) is 5.00 Å². The van der Waals surface area contributed by atoms with Crippen LogP contribution in [-0.2, 0) is 12.8 Å². The molecule has 1 aliphatic carbocycles. The second kappa shape index (κ2) is 6.84. The van der Waals surface area contributed by atoms with E-state index in [2.05, 4.69) is 15.4 Å². The predicted molar refractivity (Wildman–Crippen MR) is 102 cm³/mol. The van der Waals surface area contributed by atoms with Gasteiger partial charge in [-0.25, -0.2) is 4.79 Å². The number of nitrogens with zero attached hydrogens (tertiary/aromatic N) is 2. The molecule has 138 valence electrons. The molecule has 2 aromatic heterocycles. The number of carbonyl (C=O) groups is 2. The number of primary amides is 1. The molecule has 2 amide bonds. The zero-order chi connectivity index (χ0) is 19.0. The summed E-state index contributed by atoms with van der Waals surface area (Å²) < 4.78 is 1.11. The number of rotatable bonds is 4. The molecule has 0 fully saturated rings. The summed E-state index contributed by atoms with van der Waals surface area (Å²) in [7, 11) is 0. The summed E-state index contributed by atoms with van der Waals surface area (Å²) in [6, 6.07) is 8.78. The first-order valence-electron chi connectivity index (χ1n) is 8.55. The van der Waals surface area contributed by atoms with Gasteiger partial charge >= 0.3 is 5.69 Å². The van der Waals surface area contributed by atoms with Crippen molar-refractivity contribution in [2.75, 3.05) is 5.32 Å². The number of thiophene rings is 1. The van der Waals surface area contributed by atoms with Gasteiger partial charge in [-0.15, -0.1) is 16.4 Å². The summed E-state index contributed by atoms with van der Waals surface area (Å²) in [4.78, 5) is 40.2. The zero-order valence-electron chi connectivity index (χ0n) is 14.3. The molecule has 0 atom stereocenters. The number of amides is 2. The van der Waals surface area contributed by atoms with E-state index in [0.717, 1.165) is 40.8 Å². The number of benzene rings is 1. The van der Waals surface area contributed by atoms with Crippen LogP contribution in [0.1, 0.15) is 44.3 Å². The van der Waals surface area contributed by atoms with Crippen LogP contribution in [-0.4, -0.2) is 26.6 Å². The summed E-state index contributed by atoms with van der Waals surface area (Å²) in [5.41, 5.74) is 6.86. The summed E-state index contributed by atoms with van der Waals surface area (Å²) in [6.07, 6.45) is 3.69. The highest BCUT2D eigenvalue weighted by atomic mass is 32.1. The van der Waals surface area contributed by atoms with E-state index in [1.54, 1.807) is 24.3 Å². The van der Waals surface area contributed by atoms with Gasteiger partial charge in [-0.3, -0.25) is 14.6 Å². The van der Waals surface area contributed by atoms with Gasteiger partial charge in [0.1, 0.15) is 5.00 Å². The maximum Gasteiger partial charge on any atom is 0.348 e. The van der Waals surface area contributed by atoms with Gasteiger partial charge in [-0.05, 0) is 43.4 Å². The van der Waals surface area contributed by atoms with E-state index in [9.17, 15) is 14.4 Å². The fourth-order valence-electron chi connectivity index (χ4n) is 3.25. The van der Waals surface area contributed by atoms with Crippen molar-refractivity contribution in [2.24, 2.45) is 5.73 Å². The van der Waals surface area contributed by atoms with E-state index in [-0.39, 0.29) is 5.82 Å². The number of para-hydroxylation sites is 1. The lowest BCUT2D eigenvalue weighted by Crippen LogP contribution is -2.19. The fourth-order valence-corrected chi connectivity index (χ4v) is 4.54. The topological polar surface area (TPSA) is 123 Å². The number of H-pyrrole nitrogens is 1. The van der Waals surface area contributed by atoms with Crippen LogP contribution in [0, 0.1) is 0 Å². The van der Waals surface area contributed by atoms with E-state index in [0.29, 0.717) is 16.3 Å². The number of hydrogen-bond acceptors (Lipinski definition) is 5. The minimum Gasteiger partial charge on any atom is -0.365 e. The van der Waals surface area contributed by atoms with E-state index >= 15 is 0 Å². The Labute approximate surface area is 158 Å². The molecular weight excluding hydrogens is 366 g/mol. The third-order valence-corrected chi connectivity index (χ3v) is 5.69. The molecule has 0 saturated carbocycles. The second-order valence-corrected chi connectivity index (χ2v) is 7.36. The number of anilines is 1. The Kier molecular flexibility index (Phi) is 4.36. The van der Waals surface area contributed by atoms with Crippen molar-refractivity contribution in [1.82, 2.24) is 14.8 Å². The van der Waals surface area contributed by atoms with Crippen molar-refractivity contribution < 1.29 is 9.59 Å². The number of aromatic amines is 1. The number of nitrogens with two attached hydrogens (primary N) is 1. The van der Waals surface area contributed by atoms with Gasteiger partial charge < -0.3 is 11.1 Å². The van der Waals surface area contributed by atoms with Crippen molar-refractivity contribution in [2.45, 2.75) is 25.7 Å². The summed E-state index contributed by atoms with van der Waals surface area (Å²) in [5, 5.41) is 7.16. The largest absolute Gasteiger partial charge is 0.365 e. The zero-order valence-corrected chi connectivity index (χ0v) is 15.1. The number of nitrogens with one attached hydrogen (secondary N) is 2. The first kappa shape index (κ1) is 17.2. The molecule has 0 saturated heterocycles. The van der Waals surface area contributed by atoms with Crippen molar-refractivity contribution in [3.8, 4) is 5.69 Å². The lowest BCUT2D eigenvalue weighted by molar-refractivity contribution is 0.100. The van der Waals surface area contributed by atoms with Crippen LogP contribution in [0.25, 0.3) is 5.69 Å². The lowest BCUT2D eigenvalue weighted by atomic mass is 9.95. The Morgan fingerprint density at radius 1 is 1.19 bits per heavy atom. The van der Waals surface area contributed by atoms with E-state index in [4.69, 9.17) is 5.73 Å². The summed E-state index contributed by atoms with van der Waals surface area (Å²) in [5.74, 6) is -1.29. The Bertz CT molecular complexity index is 1080. The standard InChI is InChI=1S/C18H17N5O3S/c19-14(24)13-11-8-4-5-9-12(11)27-17(13)21-16(25)15-20-18(26)23(22-15)10-6-2-1-3-7-10/h1-3,6-7H,4-5,8-9H2,(H2,19,24)(H,21,25)(H,20,22,26). The third-order valence-electron chi connectivity index (χ3n) is 4.48. The molecular formula is C18H17N5O3S. The molecule has 27 heavy (non-hydrogen) atoms. The van der Waals surface area contributed by atoms with Gasteiger partial charge in [-0.2, -0.15) is 4.68 Å². The number of aryl methyl sites for hydroxylation is 1. The number of hydrogen-bond donors (Lipinski definition) is 3. The van der Waals surface area contributed by atoms with Crippen LogP contribution >= 0.6 is 11.3 Å². The van der Waals surface area contributed by atoms with Crippen molar-refractivity contribution in [3.63, 3.8) is 0 Å². The Morgan fingerprint density at radius 3 is 2.67 bits per heavy atom. The molecule has 1 aliphatic rings. The van der Waals surface area contributed by atoms with Gasteiger partial charge in [0, 0.05) is 4.88 Å². The molecule has 2 heterocycles. The van der Waals surface area contributed by atoms with E-state index < -0.39 is 17.5 Å². The summed E-state index contributed by atoms with van der Waals surface area (Å²) >= 11 is 1.36. The van der Waals surface area contributed by atoms with E-state index in [1.807, 2.05) is 6.07 Å². The van der Waals surface area contributed by atoms with E-state index in [1.165, 1.54) is 11.3 Å². The average Bonchev–Trinajstić information content (AvgIpc) is 3.22. The molecule has 0 radical (unpaired) electrons. The number of aromatic nitrogens is 3. The van der Waals surface area contributed by atoms with Crippen LogP contribution in [0.3, 0.4) is 0 Å². The molecule has 9 heteroatoms. The van der Waals surface area contributed by atoms with Crippen molar-refractivity contribution in [3.05, 3.63) is 62.6 Å². The normalized spacial score (nSPS) is 13.2. The molecule has 4 N–H and O–H groups in total. The maximum atomic E-state index is 12.6. The van der Waals surface area contributed by atoms with Gasteiger partial charge in [0.15, 0.2) is 0 Å². The number of fused-ring (bicyclic) bond motifs is 1. The Morgan fingerprint density at radius 2 is 1.93 bits per heavy atom. The van der Waals surface area contributed by atoms with Crippen LogP contribution < -0.4 is 16.7 Å². The minimum atomic E-state index is -0.595. The highest BCUT2D eigenvalue weighted by Gasteiger charge is 2.26. The highest BCUT2D eigenvalue weighted by molar-refractivity contribution is 7.17. The van der Waals surface area contributed by atoms with Crippen LogP contribution in [0.15, 0.2) is 35.1 Å². The molecule has 1 aromatic carbocycles. The van der Waals surface area contributed by atoms with Gasteiger partial charge in [-0.1, -0.05) is 18.2 Å². The smallest absolute Gasteiger partial charge is 0.348 e. The lowest BCUT2D eigenvalue weighted by Gasteiger charge is -2.11. The molecule has 0 spiro atoms. The molecule has 0 aliphatic heterocycles.